The Labute approximate surface area is 109 Å². The van der Waals surface area contributed by atoms with Crippen LogP contribution in [0.2, 0.25) is 0 Å². The van der Waals surface area contributed by atoms with Gasteiger partial charge in [0.1, 0.15) is 0 Å². The van der Waals surface area contributed by atoms with Crippen molar-refractivity contribution in [2.75, 3.05) is 32.1 Å². The summed E-state index contributed by atoms with van der Waals surface area (Å²) in [5.74, 6) is -0.0376. The number of benzene rings is 1. The van der Waals surface area contributed by atoms with E-state index in [1.807, 2.05) is 57.1 Å². The SMILES string of the molecule is CC(C)N(CCO)C(=O)c1ccc(N(C)C)cc1. The monoisotopic (exact) mass is 250 g/mol. The van der Waals surface area contributed by atoms with Crippen LogP contribution in [0, 0.1) is 0 Å². The second kappa shape index (κ2) is 6.40. The van der Waals surface area contributed by atoms with Crippen molar-refractivity contribution in [3.8, 4) is 0 Å². The third-order valence-electron chi connectivity index (χ3n) is 2.86. The number of carbonyl (C=O) groups is 1. The van der Waals surface area contributed by atoms with Gasteiger partial charge in [0.15, 0.2) is 0 Å². The van der Waals surface area contributed by atoms with Gasteiger partial charge in [-0.2, -0.15) is 0 Å². The van der Waals surface area contributed by atoms with E-state index in [4.69, 9.17) is 5.11 Å². The maximum atomic E-state index is 12.3. The molecule has 4 heteroatoms. The van der Waals surface area contributed by atoms with Gasteiger partial charge < -0.3 is 14.9 Å². The minimum atomic E-state index is -0.0376. The molecule has 1 amide bonds. The fourth-order valence-electron chi connectivity index (χ4n) is 1.77. The lowest BCUT2D eigenvalue weighted by molar-refractivity contribution is 0.0665. The number of aliphatic hydroxyl groups is 1. The van der Waals surface area contributed by atoms with Crippen LogP contribution in [-0.4, -0.2) is 49.2 Å². The van der Waals surface area contributed by atoms with Crippen molar-refractivity contribution in [1.29, 1.82) is 0 Å². The summed E-state index contributed by atoms with van der Waals surface area (Å²) in [5, 5.41) is 9.00. The second-order valence-corrected chi connectivity index (χ2v) is 4.76. The summed E-state index contributed by atoms with van der Waals surface area (Å²) in [5.41, 5.74) is 1.72. The van der Waals surface area contributed by atoms with Gasteiger partial charge in [-0.15, -0.1) is 0 Å². The van der Waals surface area contributed by atoms with Crippen molar-refractivity contribution in [1.82, 2.24) is 4.90 Å². The molecule has 0 aliphatic carbocycles. The molecule has 1 aromatic carbocycles. The van der Waals surface area contributed by atoms with Crippen LogP contribution in [0.25, 0.3) is 0 Å². The van der Waals surface area contributed by atoms with Crippen LogP contribution >= 0.6 is 0 Å². The van der Waals surface area contributed by atoms with Crippen molar-refractivity contribution in [2.45, 2.75) is 19.9 Å². The molecule has 0 bridgehead atoms. The lowest BCUT2D eigenvalue weighted by Gasteiger charge is -2.26. The molecule has 0 unspecified atom stereocenters. The van der Waals surface area contributed by atoms with E-state index in [1.165, 1.54) is 0 Å². The number of anilines is 1. The molecule has 0 fully saturated rings. The summed E-state index contributed by atoms with van der Waals surface area (Å²) in [7, 11) is 3.92. The summed E-state index contributed by atoms with van der Waals surface area (Å²) in [6, 6.07) is 7.57. The second-order valence-electron chi connectivity index (χ2n) is 4.76. The fourth-order valence-corrected chi connectivity index (χ4v) is 1.77. The fraction of sp³-hybridized carbons (Fsp3) is 0.500. The number of hydrogen-bond acceptors (Lipinski definition) is 3. The lowest BCUT2D eigenvalue weighted by atomic mass is 10.1. The average Bonchev–Trinajstić information content (AvgIpc) is 2.35. The van der Waals surface area contributed by atoms with Crippen molar-refractivity contribution in [2.24, 2.45) is 0 Å². The summed E-state index contributed by atoms with van der Waals surface area (Å²) in [4.78, 5) is 15.9. The molecule has 1 aromatic rings. The Morgan fingerprint density at radius 1 is 1.22 bits per heavy atom. The predicted octanol–water partition coefficient (Wildman–Crippen LogP) is 1.60. The van der Waals surface area contributed by atoms with Crippen molar-refractivity contribution >= 4 is 11.6 Å². The summed E-state index contributed by atoms with van der Waals surface area (Å²) >= 11 is 0. The predicted molar refractivity (Wildman–Crippen MR) is 74.0 cm³/mol. The molecule has 0 heterocycles. The van der Waals surface area contributed by atoms with E-state index in [2.05, 4.69) is 0 Å². The number of amides is 1. The third kappa shape index (κ3) is 3.47. The zero-order chi connectivity index (χ0) is 13.7. The molecule has 0 aliphatic heterocycles. The summed E-state index contributed by atoms with van der Waals surface area (Å²) < 4.78 is 0. The van der Waals surface area contributed by atoms with Gasteiger partial charge in [0.25, 0.3) is 5.91 Å². The Hall–Kier alpha value is -1.55. The Morgan fingerprint density at radius 3 is 2.17 bits per heavy atom. The van der Waals surface area contributed by atoms with E-state index >= 15 is 0 Å². The first-order chi connectivity index (χ1) is 8.47. The molecule has 18 heavy (non-hydrogen) atoms. The Bertz CT molecular complexity index is 385. The van der Waals surface area contributed by atoms with Gasteiger partial charge in [-0.25, -0.2) is 0 Å². The van der Waals surface area contributed by atoms with Gasteiger partial charge in [0, 0.05) is 37.9 Å². The highest BCUT2D eigenvalue weighted by Crippen LogP contribution is 2.14. The Kier molecular flexibility index (Phi) is 5.16. The first kappa shape index (κ1) is 14.5. The highest BCUT2D eigenvalue weighted by molar-refractivity contribution is 5.94. The first-order valence-corrected chi connectivity index (χ1v) is 6.16. The average molecular weight is 250 g/mol. The van der Waals surface area contributed by atoms with E-state index in [1.54, 1.807) is 4.90 Å². The molecule has 0 saturated carbocycles. The normalized spacial score (nSPS) is 10.6. The largest absolute Gasteiger partial charge is 0.395 e. The summed E-state index contributed by atoms with van der Waals surface area (Å²) in [6.07, 6.45) is 0. The zero-order valence-electron chi connectivity index (χ0n) is 11.6. The number of rotatable bonds is 5. The molecule has 1 N–H and O–H groups in total. The first-order valence-electron chi connectivity index (χ1n) is 6.16. The van der Waals surface area contributed by atoms with Gasteiger partial charge in [0.05, 0.1) is 6.61 Å². The molecular formula is C14H22N2O2. The molecule has 0 aromatic heterocycles. The van der Waals surface area contributed by atoms with E-state index in [0.29, 0.717) is 12.1 Å². The van der Waals surface area contributed by atoms with Gasteiger partial charge in [-0.05, 0) is 38.1 Å². The van der Waals surface area contributed by atoms with Crippen LogP contribution in [0.1, 0.15) is 24.2 Å². The standard InChI is InChI=1S/C14H22N2O2/c1-11(2)16(9-10-17)14(18)12-5-7-13(8-6-12)15(3)4/h5-8,11,17H,9-10H2,1-4H3. The molecule has 0 radical (unpaired) electrons. The maximum absolute atomic E-state index is 12.3. The van der Waals surface area contributed by atoms with Crippen LogP contribution < -0.4 is 4.90 Å². The minimum absolute atomic E-state index is 0.0142. The lowest BCUT2D eigenvalue weighted by Crippen LogP contribution is -2.39. The van der Waals surface area contributed by atoms with Gasteiger partial charge in [-0.1, -0.05) is 0 Å². The van der Waals surface area contributed by atoms with Crippen molar-refractivity contribution in [3.63, 3.8) is 0 Å². The summed E-state index contributed by atoms with van der Waals surface area (Å²) in [6.45, 7) is 4.25. The molecule has 4 nitrogen and oxygen atoms in total. The van der Waals surface area contributed by atoms with Crippen LogP contribution in [0.4, 0.5) is 5.69 Å². The van der Waals surface area contributed by atoms with E-state index in [-0.39, 0.29) is 18.6 Å². The number of aliphatic hydroxyl groups excluding tert-OH is 1. The highest BCUT2D eigenvalue weighted by Gasteiger charge is 2.17. The van der Waals surface area contributed by atoms with E-state index in [9.17, 15) is 4.79 Å². The van der Waals surface area contributed by atoms with E-state index in [0.717, 1.165) is 5.69 Å². The number of hydrogen-bond donors (Lipinski definition) is 1. The van der Waals surface area contributed by atoms with Crippen molar-refractivity contribution < 1.29 is 9.90 Å². The number of carbonyl (C=O) groups excluding carboxylic acids is 1. The zero-order valence-corrected chi connectivity index (χ0v) is 11.6. The Morgan fingerprint density at radius 2 is 1.78 bits per heavy atom. The molecule has 1 rings (SSSR count). The van der Waals surface area contributed by atoms with Crippen LogP contribution in [0.5, 0.6) is 0 Å². The molecule has 0 aliphatic rings. The minimum Gasteiger partial charge on any atom is -0.395 e. The van der Waals surface area contributed by atoms with Crippen LogP contribution in [0.15, 0.2) is 24.3 Å². The van der Waals surface area contributed by atoms with Gasteiger partial charge >= 0.3 is 0 Å². The molecule has 0 saturated heterocycles. The van der Waals surface area contributed by atoms with Gasteiger partial charge in [-0.3, -0.25) is 4.79 Å². The highest BCUT2D eigenvalue weighted by atomic mass is 16.3. The molecular weight excluding hydrogens is 228 g/mol. The Balaban J connectivity index is 2.88. The number of nitrogens with zero attached hydrogens (tertiary/aromatic N) is 2. The van der Waals surface area contributed by atoms with Crippen molar-refractivity contribution in [3.05, 3.63) is 29.8 Å². The quantitative estimate of drug-likeness (QED) is 0.863. The third-order valence-corrected chi connectivity index (χ3v) is 2.86. The van der Waals surface area contributed by atoms with Crippen LogP contribution in [0.3, 0.4) is 0 Å². The molecule has 0 atom stereocenters. The smallest absolute Gasteiger partial charge is 0.254 e. The topological polar surface area (TPSA) is 43.8 Å². The van der Waals surface area contributed by atoms with E-state index < -0.39 is 0 Å². The maximum Gasteiger partial charge on any atom is 0.254 e. The molecule has 100 valence electrons. The van der Waals surface area contributed by atoms with Gasteiger partial charge in [0.2, 0.25) is 0 Å². The molecule has 0 spiro atoms. The van der Waals surface area contributed by atoms with Crippen LogP contribution in [-0.2, 0) is 0 Å².